The maximum Gasteiger partial charge on any atom is 0.220 e. The fourth-order valence-corrected chi connectivity index (χ4v) is 1.44. The molecule has 0 aromatic carbocycles. The standard InChI is InChI=1S/C7H10N2/c1-5-6-7(5)9-4-2-3-8-6/h3-7H,2H2,1H3/p+2. The molecule has 2 heteroatoms. The Balaban J connectivity index is 2.16. The van der Waals surface area contributed by atoms with Crippen LogP contribution in [0.15, 0.2) is 0 Å². The highest BCUT2D eigenvalue weighted by Crippen LogP contribution is 2.21. The highest BCUT2D eigenvalue weighted by atomic mass is 15.0. The molecule has 2 nitrogen and oxygen atoms in total. The molecule has 0 aromatic rings. The molecule has 0 saturated heterocycles. The molecule has 0 spiro atoms. The van der Waals surface area contributed by atoms with Gasteiger partial charge in [-0.15, -0.1) is 0 Å². The summed E-state index contributed by atoms with van der Waals surface area (Å²) in [5.41, 5.74) is 0. The first kappa shape index (κ1) is 5.15. The average Bonchev–Trinajstić information content (AvgIpc) is 2.51. The van der Waals surface area contributed by atoms with E-state index < -0.39 is 0 Å². The summed E-state index contributed by atoms with van der Waals surface area (Å²) in [7, 11) is 0. The maximum absolute atomic E-state index is 3.35. The van der Waals surface area contributed by atoms with Crippen LogP contribution in [0.4, 0.5) is 0 Å². The molecule has 1 heterocycles. The lowest BCUT2D eigenvalue weighted by Crippen LogP contribution is -2.78. The van der Waals surface area contributed by atoms with Crippen molar-refractivity contribution in [2.45, 2.75) is 25.4 Å². The second kappa shape index (κ2) is 1.66. The van der Waals surface area contributed by atoms with Gasteiger partial charge in [0.05, 0.1) is 5.92 Å². The van der Waals surface area contributed by atoms with Crippen LogP contribution in [0.1, 0.15) is 13.3 Å². The molecule has 48 valence electrons. The van der Waals surface area contributed by atoms with Crippen LogP contribution in [0.5, 0.6) is 0 Å². The molecule has 1 fully saturated rings. The van der Waals surface area contributed by atoms with E-state index >= 15 is 0 Å². The van der Waals surface area contributed by atoms with Gasteiger partial charge in [0.1, 0.15) is 18.9 Å². The van der Waals surface area contributed by atoms with Gasteiger partial charge in [0.2, 0.25) is 12.1 Å². The number of hydrogen-bond donors (Lipinski definition) is 2. The largest absolute Gasteiger partial charge is 0.242 e. The van der Waals surface area contributed by atoms with E-state index in [2.05, 4.69) is 29.3 Å². The van der Waals surface area contributed by atoms with Gasteiger partial charge in [-0.3, -0.25) is 0 Å². The fourth-order valence-electron chi connectivity index (χ4n) is 1.44. The van der Waals surface area contributed by atoms with E-state index in [1.54, 1.807) is 0 Å². The molecule has 9 heavy (non-hydrogen) atoms. The van der Waals surface area contributed by atoms with Gasteiger partial charge in [-0.1, -0.05) is 0 Å². The minimum absolute atomic E-state index is 0.712. The summed E-state index contributed by atoms with van der Waals surface area (Å²) in [6.45, 7) is 2.27. The molecule has 2 unspecified atom stereocenters. The summed E-state index contributed by atoms with van der Waals surface area (Å²) in [5, 5.41) is 0. The van der Waals surface area contributed by atoms with Crippen LogP contribution in [0.2, 0.25) is 0 Å². The number of rotatable bonds is 0. The van der Waals surface area contributed by atoms with Gasteiger partial charge >= 0.3 is 0 Å². The first-order valence-corrected chi connectivity index (χ1v) is 3.55. The van der Waals surface area contributed by atoms with Crippen molar-refractivity contribution in [2.75, 3.05) is 0 Å². The van der Waals surface area contributed by atoms with Crippen LogP contribution in [0.25, 0.3) is 0 Å². The fraction of sp³-hybridized carbons (Fsp3) is 0.714. The summed E-state index contributed by atoms with van der Waals surface area (Å²) in [6.07, 6.45) is 5.29. The lowest BCUT2D eigenvalue weighted by Gasteiger charge is -1.71. The van der Waals surface area contributed by atoms with Gasteiger partial charge in [0.25, 0.3) is 0 Å². The smallest absolute Gasteiger partial charge is 0.220 e. The predicted octanol–water partition coefficient (Wildman–Crippen LogP) is -2.92. The van der Waals surface area contributed by atoms with Crippen molar-refractivity contribution in [1.29, 1.82) is 0 Å². The zero-order valence-electron chi connectivity index (χ0n) is 5.59. The van der Waals surface area contributed by atoms with Gasteiger partial charge in [0, 0.05) is 0 Å². The number of nitrogens with one attached hydrogen (secondary N) is 2. The summed E-state index contributed by atoms with van der Waals surface area (Å²) in [4.78, 5) is 6.70. The molecule has 0 aromatic heterocycles. The monoisotopic (exact) mass is 124 g/mol. The van der Waals surface area contributed by atoms with E-state index in [0.29, 0.717) is 12.1 Å². The van der Waals surface area contributed by atoms with E-state index in [4.69, 9.17) is 0 Å². The van der Waals surface area contributed by atoms with Crippen molar-refractivity contribution in [3.8, 4) is 0 Å². The van der Waals surface area contributed by atoms with Crippen molar-refractivity contribution < 1.29 is 9.98 Å². The van der Waals surface area contributed by atoms with Crippen LogP contribution >= 0.6 is 0 Å². The topological polar surface area (TPSA) is 27.9 Å². The molecule has 2 atom stereocenters. The minimum Gasteiger partial charge on any atom is -0.242 e. The van der Waals surface area contributed by atoms with Crippen molar-refractivity contribution in [1.82, 2.24) is 0 Å². The van der Waals surface area contributed by atoms with Gasteiger partial charge in [0.15, 0.2) is 0 Å². The highest BCUT2D eigenvalue weighted by molar-refractivity contribution is 5.73. The molecule has 2 N–H and O–H groups in total. The normalized spacial score (nSPS) is 46.1. The van der Waals surface area contributed by atoms with Crippen molar-refractivity contribution in [3.05, 3.63) is 0 Å². The third kappa shape index (κ3) is 0.696. The molecule has 2 aliphatic rings. The highest BCUT2D eigenvalue weighted by Gasteiger charge is 2.58. The first-order valence-electron chi connectivity index (χ1n) is 3.55. The second-order valence-corrected chi connectivity index (χ2v) is 2.89. The molecule has 0 radical (unpaired) electrons. The van der Waals surface area contributed by atoms with Crippen LogP contribution in [-0.2, 0) is 0 Å². The molecule has 1 aliphatic carbocycles. The summed E-state index contributed by atoms with van der Waals surface area (Å²) < 4.78 is 0. The van der Waals surface area contributed by atoms with Gasteiger partial charge in [-0.2, -0.15) is 0 Å². The molecular formula is C7H12N2+2. The van der Waals surface area contributed by atoms with Crippen molar-refractivity contribution in [2.24, 2.45) is 5.92 Å². The molecule has 0 bridgehead atoms. The molecule has 1 saturated carbocycles. The Bertz CT molecular complexity index is 154. The molecular weight excluding hydrogens is 112 g/mol. The minimum atomic E-state index is 0.712. The van der Waals surface area contributed by atoms with E-state index in [0.717, 1.165) is 12.3 Å². The summed E-state index contributed by atoms with van der Waals surface area (Å²) in [6, 6.07) is 1.42. The molecule has 1 aliphatic heterocycles. The first-order chi connectivity index (χ1) is 4.39. The van der Waals surface area contributed by atoms with Crippen molar-refractivity contribution >= 4 is 12.4 Å². The van der Waals surface area contributed by atoms with Crippen LogP contribution in [-0.4, -0.2) is 24.5 Å². The third-order valence-electron chi connectivity index (χ3n) is 2.24. The Kier molecular flexibility index (Phi) is 0.949. The number of hydrogen-bond acceptors (Lipinski definition) is 0. The Morgan fingerprint density at radius 1 is 1.22 bits per heavy atom. The van der Waals surface area contributed by atoms with E-state index in [1.165, 1.54) is 0 Å². The van der Waals surface area contributed by atoms with Gasteiger partial charge < -0.3 is 0 Å². The Morgan fingerprint density at radius 3 is 2.33 bits per heavy atom. The molecule has 2 rings (SSSR count). The Hall–Kier alpha value is -0.660. The van der Waals surface area contributed by atoms with Crippen LogP contribution in [0, 0.1) is 5.92 Å². The van der Waals surface area contributed by atoms with E-state index in [1.807, 2.05) is 0 Å². The average molecular weight is 124 g/mol. The lowest BCUT2D eigenvalue weighted by atomic mass is 10.4. The summed E-state index contributed by atoms with van der Waals surface area (Å²) >= 11 is 0. The zero-order valence-corrected chi connectivity index (χ0v) is 5.59. The third-order valence-corrected chi connectivity index (χ3v) is 2.24. The predicted molar refractivity (Wildman–Crippen MR) is 35.4 cm³/mol. The van der Waals surface area contributed by atoms with E-state index in [9.17, 15) is 0 Å². The van der Waals surface area contributed by atoms with Crippen molar-refractivity contribution in [3.63, 3.8) is 0 Å². The van der Waals surface area contributed by atoms with Crippen LogP contribution < -0.4 is 9.98 Å². The van der Waals surface area contributed by atoms with E-state index in [-0.39, 0.29) is 0 Å². The van der Waals surface area contributed by atoms with Gasteiger partial charge in [-0.25, -0.2) is 9.98 Å². The lowest BCUT2D eigenvalue weighted by molar-refractivity contribution is -0.532. The Labute approximate surface area is 54.7 Å². The van der Waals surface area contributed by atoms with Crippen LogP contribution in [0.3, 0.4) is 0 Å². The SMILES string of the molecule is CC1C2[NH+]=CCC=[NH+]C12. The number of fused-ring (bicyclic) bond motifs is 1. The Morgan fingerprint density at radius 2 is 1.78 bits per heavy atom. The molecule has 0 amide bonds. The van der Waals surface area contributed by atoms with Gasteiger partial charge in [-0.05, 0) is 6.92 Å². The quantitative estimate of drug-likeness (QED) is 0.346. The maximum atomic E-state index is 3.35. The second-order valence-electron chi connectivity index (χ2n) is 2.89. The zero-order chi connectivity index (χ0) is 6.27. The summed E-state index contributed by atoms with van der Waals surface area (Å²) in [5.74, 6) is 0.817.